The summed E-state index contributed by atoms with van der Waals surface area (Å²) < 4.78 is 5.57. The maximum Gasteiger partial charge on any atom is 0.0603 e. The van der Waals surface area contributed by atoms with Crippen molar-refractivity contribution in [2.75, 3.05) is 20.3 Å². The number of nitrogens with one attached hydrogen (secondary N) is 1. The molecule has 0 atom stereocenters. The lowest BCUT2D eigenvalue weighted by molar-refractivity contribution is -0.0994. The summed E-state index contributed by atoms with van der Waals surface area (Å²) in [5.74, 6) is 0. The van der Waals surface area contributed by atoms with Gasteiger partial charge in [0.15, 0.2) is 0 Å². The third-order valence-electron chi connectivity index (χ3n) is 4.87. The van der Waals surface area contributed by atoms with Crippen LogP contribution in [0.2, 0.25) is 0 Å². The van der Waals surface area contributed by atoms with Crippen molar-refractivity contribution in [2.24, 2.45) is 0 Å². The molecule has 18 heavy (non-hydrogen) atoms. The van der Waals surface area contributed by atoms with Gasteiger partial charge >= 0.3 is 0 Å². The van der Waals surface area contributed by atoms with E-state index in [1.165, 1.54) is 22.3 Å². The Kier molecular flexibility index (Phi) is 3.28. The molecule has 0 aliphatic carbocycles. The van der Waals surface area contributed by atoms with E-state index < -0.39 is 0 Å². The van der Waals surface area contributed by atoms with Crippen LogP contribution in [0.5, 0.6) is 0 Å². The summed E-state index contributed by atoms with van der Waals surface area (Å²) >= 11 is 0. The molecule has 0 spiro atoms. The molecule has 0 unspecified atom stereocenters. The van der Waals surface area contributed by atoms with Gasteiger partial charge in [-0.05, 0) is 63.9 Å². The molecule has 1 aromatic carbocycles. The summed E-state index contributed by atoms with van der Waals surface area (Å²) in [6.07, 6.45) is 0. The largest absolute Gasteiger partial charge is 0.379 e. The SMILES string of the molecule is CNC(C)(C)C1(c2cc(C)c(C)cc2C)COC1. The number of ether oxygens (including phenoxy) is 1. The van der Waals surface area contributed by atoms with Gasteiger partial charge in [0.1, 0.15) is 0 Å². The molecule has 2 rings (SSSR count). The Labute approximate surface area is 111 Å². The number of benzene rings is 1. The second kappa shape index (κ2) is 4.36. The van der Waals surface area contributed by atoms with Gasteiger partial charge in [0, 0.05) is 5.54 Å². The van der Waals surface area contributed by atoms with Crippen LogP contribution in [0.4, 0.5) is 0 Å². The van der Waals surface area contributed by atoms with Gasteiger partial charge in [-0.2, -0.15) is 0 Å². The van der Waals surface area contributed by atoms with Crippen molar-refractivity contribution < 1.29 is 4.74 Å². The second-order valence-electron chi connectivity index (χ2n) is 6.20. The first-order valence-corrected chi connectivity index (χ1v) is 6.69. The molecule has 0 amide bonds. The summed E-state index contributed by atoms with van der Waals surface area (Å²) in [6, 6.07) is 4.66. The molecule has 0 saturated carbocycles. The first-order valence-electron chi connectivity index (χ1n) is 6.69. The van der Waals surface area contributed by atoms with E-state index in [0.717, 1.165) is 13.2 Å². The van der Waals surface area contributed by atoms with Crippen LogP contribution in [0.3, 0.4) is 0 Å². The summed E-state index contributed by atoms with van der Waals surface area (Å²) in [5, 5.41) is 3.46. The fraction of sp³-hybridized carbons (Fsp3) is 0.625. The molecule has 1 aromatic rings. The molecular formula is C16H25NO. The summed E-state index contributed by atoms with van der Waals surface area (Å²) in [5.41, 5.74) is 5.70. The highest BCUT2D eigenvalue weighted by Gasteiger charge is 2.52. The highest BCUT2D eigenvalue weighted by Crippen LogP contribution is 2.43. The predicted octanol–water partition coefficient (Wildman–Crippen LogP) is 2.88. The lowest BCUT2D eigenvalue weighted by Crippen LogP contribution is -2.66. The molecule has 1 fully saturated rings. The van der Waals surface area contributed by atoms with E-state index in [1.807, 2.05) is 7.05 Å². The van der Waals surface area contributed by atoms with Crippen molar-refractivity contribution in [1.29, 1.82) is 0 Å². The maximum absolute atomic E-state index is 5.57. The van der Waals surface area contributed by atoms with E-state index in [1.54, 1.807) is 0 Å². The Morgan fingerprint density at radius 3 is 2.06 bits per heavy atom. The third kappa shape index (κ3) is 1.79. The molecule has 1 aliphatic rings. The van der Waals surface area contributed by atoms with E-state index in [4.69, 9.17) is 4.74 Å². The van der Waals surface area contributed by atoms with Gasteiger partial charge in [-0.15, -0.1) is 0 Å². The zero-order chi connectivity index (χ0) is 13.6. The monoisotopic (exact) mass is 247 g/mol. The Morgan fingerprint density at radius 2 is 1.61 bits per heavy atom. The van der Waals surface area contributed by atoms with Crippen LogP contribution in [0.25, 0.3) is 0 Å². The van der Waals surface area contributed by atoms with E-state index in [0.29, 0.717) is 0 Å². The minimum absolute atomic E-state index is 0.0394. The van der Waals surface area contributed by atoms with E-state index >= 15 is 0 Å². The summed E-state index contributed by atoms with van der Waals surface area (Å²) in [4.78, 5) is 0. The molecule has 100 valence electrons. The molecule has 0 aromatic heterocycles. The van der Waals surface area contributed by atoms with Gasteiger partial charge in [-0.25, -0.2) is 0 Å². The number of aryl methyl sites for hydroxylation is 3. The molecule has 1 aliphatic heterocycles. The van der Waals surface area contributed by atoms with Crippen LogP contribution in [0.1, 0.15) is 36.1 Å². The van der Waals surface area contributed by atoms with Crippen LogP contribution in [0, 0.1) is 20.8 Å². The predicted molar refractivity (Wildman–Crippen MR) is 76.3 cm³/mol. The van der Waals surface area contributed by atoms with Crippen LogP contribution < -0.4 is 5.32 Å². The lowest BCUT2D eigenvalue weighted by Gasteiger charge is -2.53. The number of likely N-dealkylation sites (N-methyl/N-ethyl adjacent to an activating group) is 1. The smallest absolute Gasteiger partial charge is 0.0603 e. The number of hydrogen-bond acceptors (Lipinski definition) is 2. The van der Waals surface area contributed by atoms with Crippen molar-refractivity contribution in [3.05, 3.63) is 34.4 Å². The third-order valence-corrected chi connectivity index (χ3v) is 4.87. The molecule has 1 N–H and O–H groups in total. The zero-order valence-corrected chi connectivity index (χ0v) is 12.5. The average molecular weight is 247 g/mol. The van der Waals surface area contributed by atoms with Crippen molar-refractivity contribution >= 4 is 0 Å². The number of rotatable bonds is 3. The van der Waals surface area contributed by atoms with Crippen molar-refractivity contribution in [2.45, 2.75) is 45.6 Å². The van der Waals surface area contributed by atoms with E-state index in [-0.39, 0.29) is 11.0 Å². The minimum Gasteiger partial charge on any atom is -0.379 e. The van der Waals surface area contributed by atoms with Crippen molar-refractivity contribution in [3.63, 3.8) is 0 Å². The lowest BCUT2D eigenvalue weighted by atomic mass is 9.64. The quantitative estimate of drug-likeness (QED) is 0.887. The van der Waals surface area contributed by atoms with Crippen LogP contribution in [-0.2, 0) is 10.2 Å². The average Bonchev–Trinajstić information content (AvgIpc) is 2.23. The Bertz CT molecular complexity index is 458. The molecule has 0 bridgehead atoms. The van der Waals surface area contributed by atoms with Gasteiger partial charge < -0.3 is 10.1 Å². The Morgan fingerprint density at radius 1 is 1.06 bits per heavy atom. The van der Waals surface area contributed by atoms with E-state index in [9.17, 15) is 0 Å². The normalized spacial score (nSPS) is 18.6. The Balaban J connectivity index is 2.55. The van der Waals surface area contributed by atoms with Gasteiger partial charge in [-0.3, -0.25) is 0 Å². The van der Waals surface area contributed by atoms with E-state index in [2.05, 4.69) is 52.1 Å². The highest BCUT2D eigenvalue weighted by atomic mass is 16.5. The highest BCUT2D eigenvalue weighted by molar-refractivity contribution is 5.44. The molecule has 1 saturated heterocycles. The van der Waals surface area contributed by atoms with Crippen LogP contribution in [0.15, 0.2) is 12.1 Å². The minimum atomic E-state index is 0.0394. The van der Waals surface area contributed by atoms with Gasteiger partial charge in [0.2, 0.25) is 0 Å². The fourth-order valence-electron chi connectivity index (χ4n) is 2.87. The van der Waals surface area contributed by atoms with Crippen LogP contribution in [-0.4, -0.2) is 25.8 Å². The standard InChI is InChI=1S/C16H25NO/c1-11-7-13(3)14(8-12(11)2)16(9-18-10-16)15(4,5)17-6/h7-8,17H,9-10H2,1-6H3. The fourth-order valence-corrected chi connectivity index (χ4v) is 2.87. The topological polar surface area (TPSA) is 21.3 Å². The van der Waals surface area contributed by atoms with Gasteiger partial charge in [0.05, 0.1) is 18.6 Å². The zero-order valence-electron chi connectivity index (χ0n) is 12.5. The summed E-state index contributed by atoms with van der Waals surface area (Å²) in [7, 11) is 2.04. The van der Waals surface area contributed by atoms with Gasteiger partial charge in [-0.1, -0.05) is 12.1 Å². The molecule has 2 heteroatoms. The Hall–Kier alpha value is -0.860. The van der Waals surface area contributed by atoms with Crippen molar-refractivity contribution in [1.82, 2.24) is 5.32 Å². The molecule has 2 nitrogen and oxygen atoms in total. The summed E-state index contributed by atoms with van der Waals surface area (Å²) in [6.45, 7) is 12.7. The first kappa shape index (κ1) is 13.6. The van der Waals surface area contributed by atoms with Gasteiger partial charge in [0.25, 0.3) is 0 Å². The van der Waals surface area contributed by atoms with Crippen molar-refractivity contribution in [3.8, 4) is 0 Å². The van der Waals surface area contributed by atoms with Crippen LogP contribution >= 0.6 is 0 Å². The second-order valence-corrected chi connectivity index (χ2v) is 6.20. The number of hydrogen-bond donors (Lipinski definition) is 1. The molecular weight excluding hydrogens is 222 g/mol. The molecule has 1 heterocycles. The first-order chi connectivity index (χ1) is 8.34. The maximum atomic E-state index is 5.57. The molecule has 0 radical (unpaired) electrons.